The average molecular weight is 315 g/mol. The van der Waals surface area contributed by atoms with Gasteiger partial charge in [-0.3, -0.25) is 9.78 Å². The molecule has 1 heterocycles. The molecule has 2 aromatic carbocycles. The Morgan fingerprint density at radius 1 is 0.875 bits per heavy atom. The zero-order valence-corrected chi connectivity index (χ0v) is 14.1. The Morgan fingerprint density at radius 3 is 2.38 bits per heavy atom. The summed E-state index contributed by atoms with van der Waals surface area (Å²) in [6.45, 7) is 4.16. The topological polar surface area (TPSA) is 30.0 Å². The Bertz CT molecular complexity index is 853. The van der Waals surface area contributed by atoms with Crippen LogP contribution in [0.1, 0.15) is 32.7 Å². The second-order valence-corrected chi connectivity index (χ2v) is 6.11. The van der Waals surface area contributed by atoms with Crippen molar-refractivity contribution in [3.63, 3.8) is 0 Å². The van der Waals surface area contributed by atoms with Crippen LogP contribution < -0.4 is 0 Å². The van der Waals surface area contributed by atoms with E-state index in [1.807, 2.05) is 36.5 Å². The fourth-order valence-electron chi connectivity index (χ4n) is 3.07. The lowest BCUT2D eigenvalue weighted by Crippen LogP contribution is -2.02. The first-order valence-corrected chi connectivity index (χ1v) is 8.23. The Balaban J connectivity index is 1.81. The summed E-state index contributed by atoms with van der Waals surface area (Å²) in [5.41, 5.74) is 7.68. The van der Waals surface area contributed by atoms with Crippen LogP contribution in [0.3, 0.4) is 0 Å². The van der Waals surface area contributed by atoms with Gasteiger partial charge in [0.1, 0.15) is 6.29 Å². The fraction of sp³-hybridized carbons (Fsp3) is 0.182. The van der Waals surface area contributed by atoms with Crippen LogP contribution in [0.15, 0.2) is 60.8 Å². The molecule has 0 aliphatic rings. The summed E-state index contributed by atoms with van der Waals surface area (Å²) in [6, 6.07) is 18.4. The van der Waals surface area contributed by atoms with Gasteiger partial charge in [0.2, 0.25) is 0 Å². The van der Waals surface area contributed by atoms with E-state index in [0.717, 1.165) is 47.1 Å². The predicted molar refractivity (Wildman–Crippen MR) is 98.4 cm³/mol. The van der Waals surface area contributed by atoms with Gasteiger partial charge in [-0.2, -0.15) is 0 Å². The minimum absolute atomic E-state index is 0.786. The molecule has 3 aromatic rings. The number of benzene rings is 2. The van der Waals surface area contributed by atoms with E-state index in [-0.39, 0.29) is 0 Å². The second kappa shape index (κ2) is 7.22. The molecular weight excluding hydrogens is 294 g/mol. The van der Waals surface area contributed by atoms with Gasteiger partial charge in [0.25, 0.3) is 0 Å². The first-order chi connectivity index (χ1) is 11.7. The van der Waals surface area contributed by atoms with Crippen LogP contribution in [-0.4, -0.2) is 11.3 Å². The number of hydrogen-bond acceptors (Lipinski definition) is 2. The first kappa shape index (κ1) is 16.1. The zero-order valence-electron chi connectivity index (χ0n) is 14.1. The van der Waals surface area contributed by atoms with Gasteiger partial charge in [0, 0.05) is 23.0 Å². The minimum atomic E-state index is 0.786. The van der Waals surface area contributed by atoms with Crippen molar-refractivity contribution in [2.75, 3.05) is 0 Å². The van der Waals surface area contributed by atoms with Crippen LogP contribution in [0, 0.1) is 13.8 Å². The summed E-state index contributed by atoms with van der Waals surface area (Å²) >= 11 is 0. The van der Waals surface area contributed by atoms with Gasteiger partial charge < -0.3 is 0 Å². The van der Waals surface area contributed by atoms with Crippen molar-refractivity contribution >= 4 is 6.29 Å². The Kier molecular flexibility index (Phi) is 4.85. The van der Waals surface area contributed by atoms with Crippen molar-refractivity contribution in [2.45, 2.75) is 26.7 Å². The maximum absolute atomic E-state index is 11.2. The van der Waals surface area contributed by atoms with Gasteiger partial charge in [-0.25, -0.2) is 0 Å². The highest BCUT2D eigenvalue weighted by Gasteiger charge is 2.08. The van der Waals surface area contributed by atoms with Crippen LogP contribution in [0.4, 0.5) is 0 Å². The van der Waals surface area contributed by atoms with Crippen molar-refractivity contribution in [1.29, 1.82) is 0 Å². The number of carbonyl (C=O) groups is 1. The lowest BCUT2D eigenvalue weighted by atomic mass is 9.96. The molecule has 0 unspecified atom stereocenters. The number of nitrogens with zero attached hydrogens (tertiary/aromatic N) is 1. The third kappa shape index (κ3) is 3.43. The van der Waals surface area contributed by atoms with Crippen molar-refractivity contribution < 1.29 is 4.79 Å². The largest absolute Gasteiger partial charge is 0.298 e. The van der Waals surface area contributed by atoms with Crippen LogP contribution in [0.2, 0.25) is 0 Å². The van der Waals surface area contributed by atoms with Gasteiger partial charge in [-0.15, -0.1) is 0 Å². The maximum Gasteiger partial charge on any atom is 0.150 e. The molecule has 1 aromatic heterocycles. The highest BCUT2D eigenvalue weighted by Crippen LogP contribution is 2.22. The molecular formula is C22H21NO. The molecule has 0 N–H and O–H groups in total. The Labute approximate surface area is 143 Å². The molecule has 0 saturated carbocycles. The monoisotopic (exact) mass is 315 g/mol. The van der Waals surface area contributed by atoms with Crippen molar-refractivity contribution in [2.24, 2.45) is 0 Å². The molecule has 0 amide bonds. The van der Waals surface area contributed by atoms with E-state index in [2.05, 4.69) is 43.1 Å². The van der Waals surface area contributed by atoms with Crippen LogP contribution >= 0.6 is 0 Å². The van der Waals surface area contributed by atoms with Gasteiger partial charge in [0.05, 0.1) is 0 Å². The standard InChI is InChI=1S/C22H21NO/c1-16-7-6-10-19(15-24)21(16)11-12-22-17(2)13-20(14-23-22)18-8-4-3-5-9-18/h3-10,13-15H,11-12H2,1-2H3. The van der Waals surface area contributed by atoms with E-state index >= 15 is 0 Å². The van der Waals surface area contributed by atoms with Crippen LogP contribution in [-0.2, 0) is 12.8 Å². The van der Waals surface area contributed by atoms with E-state index in [4.69, 9.17) is 0 Å². The highest BCUT2D eigenvalue weighted by atomic mass is 16.1. The lowest BCUT2D eigenvalue weighted by Gasteiger charge is -2.11. The molecule has 0 saturated heterocycles. The van der Waals surface area contributed by atoms with Gasteiger partial charge in [-0.05, 0) is 55.0 Å². The van der Waals surface area contributed by atoms with Gasteiger partial charge in [-0.1, -0.05) is 48.5 Å². The van der Waals surface area contributed by atoms with E-state index < -0.39 is 0 Å². The molecule has 2 nitrogen and oxygen atoms in total. The molecule has 0 atom stereocenters. The Hall–Kier alpha value is -2.74. The van der Waals surface area contributed by atoms with E-state index in [1.165, 1.54) is 11.1 Å². The number of aryl methyl sites for hydroxylation is 3. The van der Waals surface area contributed by atoms with Crippen molar-refractivity contribution in [3.8, 4) is 11.1 Å². The normalized spacial score (nSPS) is 10.6. The molecule has 0 spiro atoms. The summed E-state index contributed by atoms with van der Waals surface area (Å²) in [4.78, 5) is 15.9. The van der Waals surface area contributed by atoms with Gasteiger partial charge in [0.15, 0.2) is 0 Å². The number of aromatic nitrogens is 1. The predicted octanol–water partition coefficient (Wildman–Crippen LogP) is 4.96. The number of rotatable bonds is 5. The average Bonchev–Trinajstić information content (AvgIpc) is 2.62. The second-order valence-electron chi connectivity index (χ2n) is 6.11. The summed E-state index contributed by atoms with van der Waals surface area (Å²) in [5, 5.41) is 0. The number of carbonyl (C=O) groups excluding carboxylic acids is 1. The van der Waals surface area contributed by atoms with Crippen LogP contribution in [0.5, 0.6) is 0 Å². The Morgan fingerprint density at radius 2 is 1.67 bits per heavy atom. The maximum atomic E-state index is 11.2. The van der Waals surface area contributed by atoms with Gasteiger partial charge >= 0.3 is 0 Å². The summed E-state index contributed by atoms with van der Waals surface area (Å²) < 4.78 is 0. The minimum Gasteiger partial charge on any atom is -0.298 e. The quantitative estimate of drug-likeness (QED) is 0.623. The molecule has 0 fully saturated rings. The molecule has 3 rings (SSSR count). The highest BCUT2D eigenvalue weighted by molar-refractivity contribution is 5.78. The summed E-state index contributed by atoms with van der Waals surface area (Å²) in [7, 11) is 0. The van der Waals surface area contributed by atoms with Crippen LogP contribution in [0.25, 0.3) is 11.1 Å². The number of aldehydes is 1. The first-order valence-electron chi connectivity index (χ1n) is 8.23. The van der Waals surface area contributed by atoms with Crippen molar-refractivity contribution in [1.82, 2.24) is 4.98 Å². The molecule has 0 bridgehead atoms. The lowest BCUT2D eigenvalue weighted by molar-refractivity contribution is 0.112. The summed E-state index contributed by atoms with van der Waals surface area (Å²) in [6.07, 6.45) is 4.56. The molecule has 0 aliphatic carbocycles. The third-order valence-electron chi connectivity index (χ3n) is 4.48. The number of hydrogen-bond donors (Lipinski definition) is 0. The smallest absolute Gasteiger partial charge is 0.150 e. The van der Waals surface area contributed by atoms with E-state index in [1.54, 1.807) is 0 Å². The summed E-state index contributed by atoms with van der Waals surface area (Å²) in [5.74, 6) is 0. The van der Waals surface area contributed by atoms with Crippen molar-refractivity contribution in [3.05, 3.63) is 88.7 Å². The molecule has 24 heavy (non-hydrogen) atoms. The van der Waals surface area contributed by atoms with E-state index in [9.17, 15) is 4.79 Å². The molecule has 2 heteroatoms. The molecule has 0 aliphatic heterocycles. The SMILES string of the molecule is Cc1cc(-c2ccccc2)cnc1CCc1c(C)cccc1C=O. The molecule has 0 radical (unpaired) electrons. The zero-order chi connectivity index (χ0) is 16.9. The fourth-order valence-corrected chi connectivity index (χ4v) is 3.07. The number of pyridine rings is 1. The van der Waals surface area contributed by atoms with E-state index in [0.29, 0.717) is 0 Å². The third-order valence-corrected chi connectivity index (χ3v) is 4.48. The molecule has 120 valence electrons.